The van der Waals surface area contributed by atoms with Crippen LogP contribution in [0.4, 0.5) is 14.5 Å². The third kappa shape index (κ3) is 7.80. The van der Waals surface area contributed by atoms with Crippen molar-refractivity contribution in [2.45, 2.75) is 25.1 Å². The van der Waals surface area contributed by atoms with E-state index in [1.165, 1.54) is 65.0 Å². The van der Waals surface area contributed by atoms with E-state index < -0.39 is 22.2 Å². The lowest BCUT2D eigenvalue weighted by molar-refractivity contribution is -0.384. The predicted molar refractivity (Wildman–Crippen MR) is 152 cm³/mol. The van der Waals surface area contributed by atoms with Crippen LogP contribution in [0.25, 0.3) is 0 Å². The van der Waals surface area contributed by atoms with Crippen molar-refractivity contribution >= 4 is 11.6 Å². The van der Waals surface area contributed by atoms with Crippen molar-refractivity contribution in [3.8, 4) is 11.5 Å². The van der Waals surface area contributed by atoms with E-state index in [9.17, 15) is 28.8 Å². The molecule has 0 saturated heterocycles. The van der Waals surface area contributed by atoms with Crippen LogP contribution in [0.2, 0.25) is 0 Å². The SMILES string of the molecule is O=C(NCCc1ccc2c(c1)OCO2)c1ccc([N+](=O)[O-])cc1.OC(Cn1cncn1)(Cn1cncn1)c1ccc(F)cc1F. The number of halogens is 2. The van der Waals surface area contributed by atoms with Crippen molar-refractivity contribution in [2.75, 3.05) is 13.3 Å². The van der Waals surface area contributed by atoms with Crippen molar-refractivity contribution in [1.29, 1.82) is 0 Å². The highest BCUT2D eigenvalue weighted by molar-refractivity contribution is 5.94. The standard InChI is InChI=1S/C16H14N2O5.C13H12F2N6O/c19-16(12-2-4-13(5-3-12)18(20)21)17-8-7-11-1-6-14-15(9-11)23-10-22-14;14-10-1-2-11(12(15)3-10)13(22,4-20-8-16-6-18-20)5-21-9-17-7-19-21/h1-6,9H,7-8,10H2,(H,17,19);1-3,6-9,22H,4-5H2. The van der Waals surface area contributed by atoms with E-state index in [0.717, 1.165) is 23.4 Å². The Balaban J connectivity index is 0.000000178. The molecule has 16 heteroatoms. The van der Waals surface area contributed by atoms with Crippen LogP contribution in [-0.4, -0.2) is 58.8 Å². The Morgan fingerprint density at radius 3 is 2.22 bits per heavy atom. The molecule has 2 N–H and O–H groups in total. The van der Waals surface area contributed by atoms with Gasteiger partial charge in [0.25, 0.3) is 11.6 Å². The van der Waals surface area contributed by atoms with Crippen molar-refractivity contribution in [2.24, 2.45) is 0 Å². The molecule has 45 heavy (non-hydrogen) atoms. The second-order valence-electron chi connectivity index (χ2n) is 9.84. The Kier molecular flexibility index (Phi) is 9.33. The van der Waals surface area contributed by atoms with Gasteiger partial charge >= 0.3 is 0 Å². The number of nitro benzene ring substituents is 1. The van der Waals surface area contributed by atoms with Gasteiger partial charge < -0.3 is 19.9 Å². The van der Waals surface area contributed by atoms with Gasteiger partial charge in [-0.3, -0.25) is 14.9 Å². The molecule has 0 bridgehead atoms. The average molecular weight is 621 g/mol. The van der Waals surface area contributed by atoms with E-state index in [2.05, 4.69) is 25.5 Å². The van der Waals surface area contributed by atoms with Crippen LogP contribution in [0, 0.1) is 21.7 Å². The number of fused-ring (bicyclic) bond motifs is 1. The zero-order chi connectivity index (χ0) is 31.8. The summed E-state index contributed by atoms with van der Waals surface area (Å²) < 4.78 is 40.5. The molecule has 232 valence electrons. The highest BCUT2D eigenvalue weighted by Crippen LogP contribution is 2.32. The summed E-state index contributed by atoms with van der Waals surface area (Å²) in [7, 11) is 0. The van der Waals surface area contributed by atoms with E-state index in [0.29, 0.717) is 24.3 Å². The van der Waals surface area contributed by atoms with Crippen molar-refractivity contribution in [1.82, 2.24) is 34.8 Å². The number of benzene rings is 3. The van der Waals surface area contributed by atoms with Gasteiger partial charge in [-0.05, 0) is 42.3 Å². The third-order valence-corrected chi connectivity index (χ3v) is 6.69. The van der Waals surface area contributed by atoms with E-state index in [-0.39, 0.29) is 37.0 Å². The second-order valence-corrected chi connectivity index (χ2v) is 9.84. The second kappa shape index (κ2) is 13.7. The molecule has 2 aromatic heterocycles. The number of aliphatic hydroxyl groups is 1. The van der Waals surface area contributed by atoms with Crippen LogP contribution in [0.5, 0.6) is 11.5 Å². The predicted octanol–water partition coefficient (Wildman–Crippen LogP) is 3.03. The van der Waals surface area contributed by atoms with Crippen LogP contribution in [0.3, 0.4) is 0 Å². The molecule has 1 aliphatic rings. The Labute approximate surface area is 254 Å². The van der Waals surface area contributed by atoms with Gasteiger partial charge in [-0.25, -0.2) is 28.1 Å². The minimum Gasteiger partial charge on any atom is -0.454 e. The van der Waals surface area contributed by atoms with Gasteiger partial charge in [0.15, 0.2) is 11.5 Å². The fourth-order valence-electron chi connectivity index (χ4n) is 4.51. The van der Waals surface area contributed by atoms with Gasteiger partial charge in [0.1, 0.15) is 42.5 Å². The number of carbonyl (C=O) groups excluding carboxylic acids is 1. The first-order valence-electron chi connectivity index (χ1n) is 13.4. The lowest BCUT2D eigenvalue weighted by atomic mass is 9.93. The summed E-state index contributed by atoms with van der Waals surface area (Å²) in [6.07, 6.45) is 6.05. The minimum absolute atomic E-state index is 0.0399. The van der Waals surface area contributed by atoms with Gasteiger partial charge in [-0.15, -0.1) is 0 Å². The van der Waals surface area contributed by atoms with E-state index in [1.807, 2.05) is 18.2 Å². The van der Waals surface area contributed by atoms with Crippen LogP contribution >= 0.6 is 0 Å². The topological polar surface area (TPSA) is 172 Å². The quantitative estimate of drug-likeness (QED) is 0.175. The molecule has 0 aliphatic carbocycles. The number of nitrogens with one attached hydrogen (secondary N) is 1. The summed E-state index contributed by atoms with van der Waals surface area (Å²) in [5.74, 6) is -0.388. The van der Waals surface area contributed by atoms with Crippen molar-refractivity contribution in [3.05, 3.63) is 124 Å². The molecule has 1 aliphatic heterocycles. The smallest absolute Gasteiger partial charge is 0.269 e. The first-order chi connectivity index (χ1) is 21.7. The van der Waals surface area contributed by atoms with E-state index in [4.69, 9.17) is 9.47 Å². The van der Waals surface area contributed by atoms with Crippen LogP contribution < -0.4 is 14.8 Å². The zero-order valence-corrected chi connectivity index (χ0v) is 23.5. The zero-order valence-electron chi connectivity index (χ0n) is 23.5. The maximum atomic E-state index is 14.1. The summed E-state index contributed by atoms with van der Waals surface area (Å²) in [5, 5.41) is 32.1. The van der Waals surface area contributed by atoms with Gasteiger partial charge in [-0.1, -0.05) is 12.1 Å². The number of ether oxygens (including phenoxy) is 2. The Morgan fingerprint density at radius 1 is 0.956 bits per heavy atom. The molecule has 1 amide bonds. The molecule has 14 nitrogen and oxygen atoms in total. The number of amides is 1. The third-order valence-electron chi connectivity index (χ3n) is 6.69. The summed E-state index contributed by atoms with van der Waals surface area (Å²) in [4.78, 5) is 29.6. The number of nitrogens with zero attached hydrogens (tertiary/aromatic N) is 7. The number of nitro groups is 1. The maximum absolute atomic E-state index is 14.1. The molecular weight excluding hydrogens is 594 g/mol. The van der Waals surface area contributed by atoms with Crippen molar-refractivity contribution < 1.29 is 33.1 Å². The summed E-state index contributed by atoms with van der Waals surface area (Å²) in [6.45, 7) is 0.538. The van der Waals surface area contributed by atoms with Crippen LogP contribution in [-0.2, 0) is 25.1 Å². The number of hydrogen-bond acceptors (Lipinski definition) is 10. The summed E-state index contributed by atoms with van der Waals surface area (Å²) in [6, 6.07) is 14.2. The molecule has 0 atom stereocenters. The molecule has 0 unspecified atom stereocenters. The Morgan fingerprint density at radius 2 is 1.62 bits per heavy atom. The molecule has 0 radical (unpaired) electrons. The van der Waals surface area contributed by atoms with Gasteiger partial charge in [0.05, 0.1) is 18.0 Å². The molecule has 0 spiro atoms. The number of rotatable bonds is 10. The molecule has 5 aromatic rings. The first kappa shape index (κ1) is 30.7. The largest absolute Gasteiger partial charge is 0.454 e. The number of non-ortho nitro benzene ring substituents is 1. The molecule has 0 fully saturated rings. The van der Waals surface area contributed by atoms with Gasteiger partial charge in [0, 0.05) is 35.9 Å². The molecule has 6 rings (SSSR count). The molecule has 3 heterocycles. The molecule has 0 saturated carbocycles. The monoisotopic (exact) mass is 620 g/mol. The first-order valence-corrected chi connectivity index (χ1v) is 13.4. The van der Waals surface area contributed by atoms with Crippen molar-refractivity contribution in [3.63, 3.8) is 0 Å². The fourth-order valence-corrected chi connectivity index (χ4v) is 4.51. The summed E-state index contributed by atoms with van der Waals surface area (Å²) in [5.41, 5.74) is -0.375. The minimum atomic E-state index is -1.70. The van der Waals surface area contributed by atoms with Crippen LogP contribution in [0.1, 0.15) is 21.5 Å². The normalized spacial score (nSPS) is 11.9. The fraction of sp³-hybridized carbons (Fsp3) is 0.207. The Bertz CT molecular complexity index is 1720. The highest BCUT2D eigenvalue weighted by atomic mass is 19.1. The average Bonchev–Trinajstić information content (AvgIpc) is 3.81. The van der Waals surface area contributed by atoms with E-state index >= 15 is 0 Å². The number of hydrogen-bond donors (Lipinski definition) is 2. The van der Waals surface area contributed by atoms with Gasteiger partial charge in [0.2, 0.25) is 6.79 Å². The van der Waals surface area contributed by atoms with E-state index in [1.54, 1.807) is 0 Å². The lowest BCUT2D eigenvalue weighted by Crippen LogP contribution is -2.37. The number of carbonyl (C=O) groups is 1. The molecule has 3 aromatic carbocycles. The lowest BCUT2D eigenvalue weighted by Gasteiger charge is -2.28. The number of aromatic nitrogens is 6. The van der Waals surface area contributed by atoms with Gasteiger partial charge in [-0.2, -0.15) is 10.2 Å². The maximum Gasteiger partial charge on any atom is 0.269 e. The highest BCUT2D eigenvalue weighted by Gasteiger charge is 2.34. The molecular formula is C29H26F2N8O6. The Hall–Kier alpha value is -5.77. The van der Waals surface area contributed by atoms with Crippen LogP contribution in [0.15, 0.2) is 86.0 Å². The summed E-state index contributed by atoms with van der Waals surface area (Å²) >= 11 is 0.